The molecule has 2 aromatic carbocycles. The Bertz CT molecular complexity index is 1770. The summed E-state index contributed by atoms with van der Waals surface area (Å²) in [5.41, 5.74) is -0.468. The Labute approximate surface area is 277 Å². The average molecular weight is 641 g/mol. The van der Waals surface area contributed by atoms with Crippen molar-refractivity contribution in [3.8, 4) is 5.75 Å². The first-order valence-corrected chi connectivity index (χ1v) is 16.7. The van der Waals surface area contributed by atoms with Gasteiger partial charge in [-0.25, -0.2) is 0 Å². The predicted molar refractivity (Wildman–Crippen MR) is 182 cm³/mol. The Morgan fingerprint density at radius 1 is 1.00 bits per heavy atom. The molecule has 3 aliphatic carbocycles. The molecule has 4 N–H and O–H groups in total. The lowest BCUT2D eigenvalue weighted by molar-refractivity contribution is -0.171. The van der Waals surface area contributed by atoms with Crippen LogP contribution in [0.5, 0.6) is 5.75 Å². The van der Waals surface area contributed by atoms with E-state index >= 15 is 0 Å². The molecule has 2 aromatic rings. The number of carbonyl (C=O) groups excluding carboxylic acids is 3. The average Bonchev–Trinajstić information content (AvgIpc) is 2.96. The van der Waals surface area contributed by atoms with Crippen LogP contribution in [0, 0.1) is 22.7 Å². The molecule has 250 valence electrons. The summed E-state index contributed by atoms with van der Waals surface area (Å²) in [4.78, 5) is 41.2. The molecule has 0 radical (unpaired) electrons. The van der Waals surface area contributed by atoms with Crippen LogP contribution in [0.1, 0.15) is 106 Å². The van der Waals surface area contributed by atoms with Gasteiger partial charge in [0.15, 0.2) is 17.2 Å². The van der Waals surface area contributed by atoms with Gasteiger partial charge in [0, 0.05) is 22.3 Å². The van der Waals surface area contributed by atoms with Crippen LogP contribution >= 0.6 is 0 Å². The minimum atomic E-state index is -2.63. The molecule has 7 heteroatoms. The quantitative estimate of drug-likeness (QED) is 0.175. The summed E-state index contributed by atoms with van der Waals surface area (Å²) in [5.74, 6) is -5.07. The maximum atomic E-state index is 14.6. The van der Waals surface area contributed by atoms with Crippen LogP contribution in [0.2, 0.25) is 0 Å². The van der Waals surface area contributed by atoms with Gasteiger partial charge in [0.2, 0.25) is 5.78 Å². The van der Waals surface area contributed by atoms with Crippen molar-refractivity contribution in [2.24, 2.45) is 22.7 Å². The summed E-state index contributed by atoms with van der Waals surface area (Å²) in [6.07, 6.45) is 2.19. The first kappa shape index (κ1) is 34.4. The maximum absolute atomic E-state index is 14.6. The smallest absolute Gasteiger partial charge is 0.209 e. The number of aliphatic hydroxyl groups excluding tert-OH is 2. The number of hydrogen-bond donors (Lipinski definition) is 4. The molecule has 0 amide bonds. The lowest BCUT2D eigenvalue weighted by atomic mass is 9.44. The summed E-state index contributed by atoms with van der Waals surface area (Å²) in [5, 5.41) is 47.4. The zero-order valence-corrected chi connectivity index (χ0v) is 28.9. The molecule has 0 aliphatic heterocycles. The van der Waals surface area contributed by atoms with Gasteiger partial charge in [0.1, 0.15) is 22.8 Å². The second-order valence-electron chi connectivity index (χ2n) is 15.2. The second-order valence-corrected chi connectivity index (χ2v) is 15.2. The summed E-state index contributed by atoms with van der Waals surface area (Å²) in [6, 6.07) is 10.3. The third-order valence-electron chi connectivity index (χ3n) is 11.1. The van der Waals surface area contributed by atoms with Gasteiger partial charge < -0.3 is 20.4 Å². The molecule has 7 nitrogen and oxygen atoms in total. The highest BCUT2D eigenvalue weighted by molar-refractivity contribution is 6.25. The van der Waals surface area contributed by atoms with Crippen molar-refractivity contribution in [2.45, 2.75) is 99.0 Å². The predicted octanol–water partition coefficient (Wildman–Crippen LogP) is 7.37. The van der Waals surface area contributed by atoms with Crippen molar-refractivity contribution >= 4 is 17.3 Å². The number of aliphatic hydroxyl groups is 3. The Balaban J connectivity index is 1.66. The zero-order valence-electron chi connectivity index (χ0n) is 28.9. The number of hydrogen-bond acceptors (Lipinski definition) is 7. The van der Waals surface area contributed by atoms with E-state index < -0.39 is 56.8 Å². The minimum Gasteiger partial charge on any atom is -0.511 e. The third-order valence-corrected chi connectivity index (χ3v) is 11.1. The van der Waals surface area contributed by atoms with Gasteiger partial charge in [0.05, 0.1) is 5.56 Å². The van der Waals surface area contributed by atoms with Gasteiger partial charge >= 0.3 is 0 Å². The van der Waals surface area contributed by atoms with Crippen LogP contribution in [0.15, 0.2) is 65.1 Å². The fourth-order valence-electron chi connectivity index (χ4n) is 9.05. The topological polar surface area (TPSA) is 132 Å². The number of fused-ring (bicyclic) bond motifs is 3. The number of ketones is 3. The van der Waals surface area contributed by atoms with E-state index in [9.17, 15) is 34.8 Å². The normalized spacial score (nSPS) is 27.3. The summed E-state index contributed by atoms with van der Waals surface area (Å²) >= 11 is 0. The Kier molecular flexibility index (Phi) is 8.50. The van der Waals surface area contributed by atoms with Crippen LogP contribution in [0.4, 0.5) is 0 Å². The lowest BCUT2D eigenvalue weighted by Gasteiger charge is -2.59. The standard InChI is InChI=1S/C40H48O7/c1-10-24-11-13-25(14-12-24)15-22(6)16-26-17-27(20(2)3)28-18-38(8)19-39(9)31(21(4)5)34(43)29(23(7)41)36(45)40(39,47)37(46)32(38)35(44)30(28)33(26)42/h11-14,17,20-21,31,42-43,46-47H,6,10,15-16,18-19H2,1-5,7-9H3/t31?,38-,39-,40+/m1/s1. The molecule has 5 rings (SSSR count). The minimum absolute atomic E-state index is 0.00522. The molecule has 0 spiro atoms. The maximum Gasteiger partial charge on any atom is 0.209 e. The molecule has 3 aliphatic rings. The number of aryl methyl sites for hydroxylation is 1. The summed E-state index contributed by atoms with van der Waals surface area (Å²) in [7, 11) is 0. The van der Waals surface area contributed by atoms with Crippen molar-refractivity contribution < 1.29 is 34.8 Å². The van der Waals surface area contributed by atoms with Crippen LogP contribution in [-0.4, -0.2) is 43.4 Å². The summed E-state index contributed by atoms with van der Waals surface area (Å²) in [6.45, 7) is 18.7. The zero-order chi connectivity index (χ0) is 35.0. The Morgan fingerprint density at radius 2 is 1.60 bits per heavy atom. The second kappa shape index (κ2) is 11.6. The van der Waals surface area contributed by atoms with Crippen molar-refractivity contribution in [3.05, 3.63) is 98.5 Å². The van der Waals surface area contributed by atoms with Gasteiger partial charge in [-0.15, -0.1) is 0 Å². The van der Waals surface area contributed by atoms with Crippen LogP contribution in [0.3, 0.4) is 0 Å². The fourth-order valence-corrected chi connectivity index (χ4v) is 9.05. The SMILES string of the molecule is C=C(Cc1ccc(CC)cc1)Cc1cc(C(C)C)c2c(c1O)C(=O)C1=C(O)[C@@]3(O)C(=O)C(C(C)=O)=C(O)C(C(C)C)[C@@]3(C)C[C@@]1(C)C2. The molecule has 47 heavy (non-hydrogen) atoms. The third kappa shape index (κ3) is 5.00. The highest BCUT2D eigenvalue weighted by Gasteiger charge is 2.71. The van der Waals surface area contributed by atoms with E-state index in [-0.39, 0.29) is 41.6 Å². The number of benzene rings is 2. The van der Waals surface area contributed by atoms with Crippen molar-refractivity contribution in [1.82, 2.24) is 0 Å². The molecule has 1 unspecified atom stereocenters. The number of allylic oxidation sites excluding steroid dienone is 3. The molecule has 0 heterocycles. The highest BCUT2D eigenvalue weighted by atomic mass is 16.3. The molecule has 0 fully saturated rings. The largest absolute Gasteiger partial charge is 0.511 e. The van der Waals surface area contributed by atoms with E-state index in [1.54, 1.807) is 6.92 Å². The van der Waals surface area contributed by atoms with E-state index in [0.29, 0.717) is 24.0 Å². The lowest BCUT2D eigenvalue weighted by Crippen LogP contribution is -2.67. The molecule has 0 saturated heterocycles. The van der Waals surface area contributed by atoms with E-state index in [0.717, 1.165) is 30.0 Å². The number of phenolic OH excluding ortho intramolecular Hbond substituents is 1. The Hall–Kier alpha value is -3.97. The number of phenols is 1. The van der Waals surface area contributed by atoms with E-state index in [1.807, 2.05) is 40.7 Å². The van der Waals surface area contributed by atoms with Gasteiger partial charge in [-0.3, -0.25) is 14.4 Å². The van der Waals surface area contributed by atoms with Gasteiger partial charge in [-0.05, 0) is 78.7 Å². The first-order valence-electron chi connectivity index (χ1n) is 16.7. The number of aromatic hydroxyl groups is 1. The van der Waals surface area contributed by atoms with Crippen LogP contribution in [0.25, 0.3) is 0 Å². The van der Waals surface area contributed by atoms with Gasteiger partial charge in [-0.1, -0.05) is 91.0 Å². The van der Waals surface area contributed by atoms with E-state index in [2.05, 4.69) is 37.8 Å². The molecular weight excluding hydrogens is 592 g/mol. The molecule has 0 saturated carbocycles. The van der Waals surface area contributed by atoms with Gasteiger partial charge in [-0.2, -0.15) is 0 Å². The molecule has 0 bridgehead atoms. The van der Waals surface area contributed by atoms with Crippen LogP contribution < -0.4 is 0 Å². The summed E-state index contributed by atoms with van der Waals surface area (Å²) < 4.78 is 0. The van der Waals surface area contributed by atoms with Gasteiger partial charge in [0.25, 0.3) is 0 Å². The molecule has 4 atom stereocenters. The van der Waals surface area contributed by atoms with E-state index in [1.165, 1.54) is 5.56 Å². The number of carbonyl (C=O) groups is 3. The number of Topliss-reactive ketones (excluding diaryl/α,β-unsaturated/α-hetero) is 3. The van der Waals surface area contributed by atoms with E-state index in [4.69, 9.17) is 0 Å². The first-order chi connectivity index (χ1) is 21.8. The van der Waals surface area contributed by atoms with Crippen LogP contribution in [-0.2, 0) is 35.3 Å². The fraction of sp³-hybridized carbons (Fsp3) is 0.475. The van der Waals surface area contributed by atoms with Crippen molar-refractivity contribution in [2.75, 3.05) is 0 Å². The molecule has 0 aromatic heterocycles. The van der Waals surface area contributed by atoms with Crippen molar-refractivity contribution in [3.63, 3.8) is 0 Å². The van der Waals surface area contributed by atoms with Crippen molar-refractivity contribution in [1.29, 1.82) is 0 Å². The molecular formula is C40H48O7. The Morgan fingerprint density at radius 3 is 2.13 bits per heavy atom. The monoisotopic (exact) mass is 640 g/mol. The number of rotatable bonds is 8. The highest BCUT2D eigenvalue weighted by Crippen LogP contribution is 2.65.